The molecule has 18 heavy (non-hydrogen) atoms. The fourth-order valence-corrected chi connectivity index (χ4v) is 1.96. The summed E-state index contributed by atoms with van der Waals surface area (Å²) in [6.45, 7) is -0.614. The van der Waals surface area contributed by atoms with E-state index in [1.807, 2.05) is 0 Å². The Bertz CT molecular complexity index is 392. The highest BCUT2D eigenvalue weighted by Crippen LogP contribution is 2.15. The molecule has 1 aromatic heterocycles. The summed E-state index contributed by atoms with van der Waals surface area (Å²) in [7, 11) is 0. The maximum Gasteiger partial charge on any atom is 0.411 e. The first-order valence-electron chi connectivity index (χ1n) is 5.04. The van der Waals surface area contributed by atoms with Crippen LogP contribution in [0.15, 0.2) is 11.4 Å². The number of nitrogens with one attached hydrogen (secondary N) is 1. The van der Waals surface area contributed by atoms with E-state index < -0.39 is 18.8 Å². The van der Waals surface area contributed by atoms with Crippen LogP contribution in [0.5, 0.6) is 0 Å². The minimum Gasteiger partial charge on any atom is -0.478 e. The van der Waals surface area contributed by atoms with Crippen molar-refractivity contribution in [2.45, 2.75) is 12.7 Å². The number of thiophene rings is 1. The third kappa shape index (κ3) is 5.99. The van der Waals surface area contributed by atoms with Crippen molar-refractivity contribution in [2.75, 3.05) is 19.8 Å². The number of halogens is 3. The number of hydrogen-bond acceptors (Lipinski definition) is 4. The van der Waals surface area contributed by atoms with Gasteiger partial charge in [0.25, 0.3) is 0 Å². The van der Waals surface area contributed by atoms with Crippen molar-refractivity contribution in [3.05, 3.63) is 21.9 Å². The molecule has 102 valence electrons. The average Bonchev–Trinajstić information content (AvgIpc) is 2.70. The van der Waals surface area contributed by atoms with Crippen LogP contribution in [0.1, 0.15) is 15.2 Å². The Morgan fingerprint density at radius 1 is 1.50 bits per heavy atom. The van der Waals surface area contributed by atoms with Crippen molar-refractivity contribution in [1.82, 2.24) is 5.32 Å². The van der Waals surface area contributed by atoms with E-state index in [0.29, 0.717) is 6.54 Å². The fraction of sp³-hybridized carbons (Fsp3) is 0.500. The van der Waals surface area contributed by atoms with Gasteiger partial charge >= 0.3 is 12.1 Å². The van der Waals surface area contributed by atoms with Gasteiger partial charge in [0.2, 0.25) is 0 Å². The van der Waals surface area contributed by atoms with Gasteiger partial charge < -0.3 is 15.2 Å². The molecule has 0 aliphatic heterocycles. The maximum atomic E-state index is 11.7. The molecule has 8 heteroatoms. The molecular formula is C10H12F3NO3S. The van der Waals surface area contributed by atoms with Crippen molar-refractivity contribution < 1.29 is 27.8 Å². The Morgan fingerprint density at radius 3 is 2.78 bits per heavy atom. The second-order valence-electron chi connectivity index (χ2n) is 3.45. The lowest BCUT2D eigenvalue weighted by Crippen LogP contribution is -2.23. The van der Waals surface area contributed by atoms with Crippen molar-refractivity contribution in [2.24, 2.45) is 0 Å². The molecule has 0 radical (unpaired) electrons. The molecule has 0 saturated heterocycles. The quantitative estimate of drug-likeness (QED) is 0.753. The number of carboxylic acids is 1. The van der Waals surface area contributed by atoms with E-state index >= 15 is 0 Å². The monoisotopic (exact) mass is 283 g/mol. The van der Waals surface area contributed by atoms with Gasteiger partial charge in [-0.15, -0.1) is 11.3 Å². The van der Waals surface area contributed by atoms with Crippen LogP contribution in [0.3, 0.4) is 0 Å². The van der Waals surface area contributed by atoms with E-state index in [-0.39, 0.29) is 18.7 Å². The van der Waals surface area contributed by atoms with Crippen LogP contribution in [0, 0.1) is 0 Å². The summed E-state index contributed by atoms with van der Waals surface area (Å²) in [6.07, 6.45) is -4.30. The molecule has 0 aromatic carbocycles. The molecule has 1 rings (SSSR count). The van der Waals surface area contributed by atoms with Gasteiger partial charge in [-0.05, 0) is 6.07 Å². The van der Waals surface area contributed by atoms with Gasteiger partial charge in [0, 0.05) is 23.3 Å². The Balaban J connectivity index is 2.12. The summed E-state index contributed by atoms with van der Waals surface area (Å²) < 4.78 is 39.5. The summed E-state index contributed by atoms with van der Waals surface area (Å²) in [6, 6.07) is 1.52. The first kappa shape index (κ1) is 14.9. The molecule has 1 aromatic rings. The first-order valence-corrected chi connectivity index (χ1v) is 5.92. The predicted molar refractivity (Wildman–Crippen MR) is 59.9 cm³/mol. The van der Waals surface area contributed by atoms with Crippen LogP contribution < -0.4 is 5.32 Å². The van der Waals surface area contributed by atoms with Crippen molar-refractivity contribution in [3.63, 3.8) is 0 Å². The zero-order valence-corrected chi connectivity index (χ0v) is 10.1. The van der Waals surface area contributed by atoms with E-state index in [0.717, 1.165) is 4.88 Å². The summed E-state index contributed by atoms with van der Waals surface area (Å²) in [5.41, 5.74) is 0.213. The number of hydrogen-bond donors (Lipinski definition) is 2. The Kier molecular flexibility index (Phi) is 5.57. The lowest BCUT2D eigenvalue weighted by molar-refractivity contribution is -0.173. The Labute approximate surface area is 105 Å². The smallest absolute Gasteiger partial charge is 0.411 e. The van der Waals surface area contributed by atoms with E-state index in [1.165, 1.54) is 22.8 Å². The summed E-state index contributed by atoms with van der Waals surface area (Å²) >= 11 is 1.28. The van der Waals surface area contributed by atoms with Crippen LogP contribution in [-0.2, 0) is 11.3 Å². The standard InChI is InChI=1S/C10H12F3NO3S/c11-10(12,13)6-17-2-1-14-4-8-3-7(5-18-8)9(15)16/h3,5,14H,1-2,4,6H2,(H,15,16). The molecule has 0 atom stereocenters. The summed E-state index contributed by atoms with van der Waals surface area (Å²) in [5, 5.41) is 13.1. The van der Waals surface area contributed by atoms with Gasteiger partial charge in [0.1, 0.15) is 6.61 Å². The SMILES string of the molecule is O=C(O)c1csc(CNCCOCC(F)(F)F)c1. The Morgan fingerprint density at radius 2 is 2.22 bits per heavy atom. The number of aromatic carboxylic acids is 1. The molecule has 2 N–H and O–H groups in total. The van der Waals surface area contributed by atoms with Gasteiger partial charge in [0.05, 0.1) is 12.2 Å². The molecule has 4 nitrogen and oxygen atoms in total. The maximum absolute atomic E-state index is 11.7. The highest BCUT2D eigenvalue weighted by atomic mass is 32.1. The molecular weight excluding hydrogens is 271 g/mol. The normalized spacial score (nSPS) is 11.7. The largest absolute Gasteiger partial charge is 0.478 e. The Hall–Kier alpha value is -1.12. The predicted octanol–water partition coefficient (Wildman–Crippen LogP) is 2.11. The number of alkyl halides is 3. The molecule has 0 aliphatic rings. The molecule has 1 heterocycles. The second kappa shape index (κ2) is 6.72. The lowest BCUT2D eigenvalue weighted by atomic mass is 10.3. The molecule has 0 aliphatic carbocycles. The minimum absolute atomic E-state index is 0.0450. The minimum atomic E-state index is -4.30. The van der Waals surface area contributed by atoms with E-state index in [1.54, 1.807) is 0 Å². The zero-order chi connectivity index (χ0) is 13.6. The second-order valence-corrected chi connectivity index (χ2v) is 4.45. The average molecular weight is 283 g/mol. The molecule has 0 fully saturated rings. The van der Waals surface area contributed by atoms with Gasteiger partial charge in [-0.25, -0.2) is 4.79 Å². The van der Waals surface area contributed by atoms with E-state index in [9.17, 15) is 18.0 Å². The number of ether oxygens (including phenoxy) is 1. The molecule has 0 amide bonds. The highest BCUT2D eigenvalue weighted by molar-refractivity contribution is 7.10. The van der Waals surface area contributed by atoms with Gasteiger partial charge in [-0.3, -0.25) is 0 Å². The van der Waals surface area contributed by atoms with Crippen molar-refractivity contribution >= 4 is 17.3 Å². The molecule has 0 unspecified atom stereocenters. The number of carboxylic acid groups (broad SMARTS) is 1. The van der Waals surface area contributed by atoms with Gasteiger partial charge in [-0.2, -0.15) is 13.2 Å². The third-order valence-corrected chi connectivity index (χ3v) is 2.83. The van der Waals surface area contributed by atoms with Crippen LogP contribution >= 0.6 is 11.3 Å². The summed E-state index contributed by atoms with van der Waals surface area (Å²) in [4.78, 5) is 11.4. The van der Waals surface area contributed by atoms with Gasteiger partial charge in [-0.1, -0.05) is 0 Å². The van der Waals surface area contributed by atoms with Crippen LogP contribution in [-0.4, -0.2) is 37.0 Å². The van der Waals surface area contributed by atoms with Crippen molar-refractivity contribution in [3.8, 4) is 0 Å². The van der Waals surface area contributed by atoms with Crippen molar-refractivity contribution in [1.29, 1.82) is 0 Å². The highest BCUT2D eigenvalue weighted by Gasteiger charge is 2.27. The first-order chi connectivity index (χ1) is 8.38. The molecule has 0 saturated carbocycles. The lowest BCUT2D eigenvalue weighted by Gasteiger charge is -2.07. The molecule has 0 spiro atoms. The van der Waals surface area contributed by atoms with E-state index in [2.05, 4.69) is 10.1 Å². The topological polar surface area (TPSA) is 58.6 Å². The fourth-order valence-electron chi connectivity index (χ4n) is 1.13. The number of carbonyl (C=O) groups is 1. The third-order valence-electron chi connectivity index (χ3n) is 1.89. The molecule has 0 bridgehead atoms. The van der Waals surface area contributed by atoms with Crippen LogP contribution in [0.25, 0.3) is 0 Å². The summed E-state index contributed by atoms with van der Waals surface area (Å²) in [5.74, 6) is -0.994. The van der Waals surface area contributed by atoms with E-state index in [4.69, 9.17) is 5.11 Å². The van der Waals surface area contributed by atoms with Crippen LogP contribution in [0.2, 0.25) is 0 Å². The van der Waals surface area contributed by atoms with Gasteiger partial charge in [0.15, 0.2) is 0 Å². The zero-order valence-electron chi connectivity index (χ0n) is 9.29. The number of rotatable bonds is 7. The van der Waals surface area contributed by atoms with Crippen LogP contribution in [0.4, 0.5) is 13.2 Å².